The van der Waals surface area contributed by atoms with Gasteiger partial charge in [-0.15, -0.1) is 0 Å². The summed E-state index contributed by atoms with van der Waals surface area (Å²) in [5.74, 6) is -0.566. The first-order valence-corrected chi connectivity index (χ1v) is 7.93. The van der Waals surface area contributed by atoms with Crippen LogP contribution in [0.4, 0.5) is 5.69 Å². The van der Waals surface area contributed by atoms with E-state index in [1.807, 2.05) is 0 Å². The Morgan fingerprint density at radius 2 is 2.00 bits per heavy atom. The maximum absolute atomic E-state index is 12.0. The molecule has 0 aliphatic heterocycles. The highest BCUT2D eigenvalue weighted by Crippen LogP contribution is 2.20. The number of benzene rings is 1. The molecule has 0 atom stereocenters. The summed E-state index contributed by atoms with van der Waals surface area (Å²) in [5, 5.41) is 0. The number of rotatable bonds is 4. The molecule has 1 saturated carbocycles. The van der Waals surface area contributed by atoms with Crippen LogP contribution in [0.25, 0.3) is 11.1 Å². The normalized spacial score (nSPS) is 16.8. The summed E-state index contributed by atoms with van der Waals surface area (Å²) in [5.41, 5.74) is 1.20. The molecule has 1 aliphatic carbocycles. The summed E-state index contributed by atoms with van der Waals surface area (Å²) in [6, 6.07) is 4.64. The lowest BCUT2D eigenvalue weighted by Crippen LogP contribution is -2.37. The summed E-state index contributed by atoms with van der Waals surface area (Å²) < 4.78 is 33.9. The minimum atomic E-state index is -3.61. The summed E-state index contributed by atoms with van der Waals surface area (Å²) in [6.07, 6.45) is 3.83. The van der Waals surface area contributed by atoms with Crippen LogP contribution >= 0.6 is 0 Å². The maximum atomic E-state index is 12.0. The van der Waals surface area contributed by atoms with Gasteiger partial charge in [0.25, 0.3) is 10.2 Å². The van der Waals surface area contributed by atoms with Crippen molar-refractivity contribution in [2.24, 2.45) is 0 Å². The van der Waals surface area contributed by atoms with Crippen LogP contribution in [0.1, 0.15) is 25.7 Å². The SMILES string of the molecule is O=c1[nH]c2ccc(NS(=O)(=O)NC3CCCC3)cc2o1. The van der Waals surface area contributed by atoms with Crippen molar-refractivity contribution in [2.75, 3.05) is 4.72 Å². The molecule has 2 aromatic rings. The fourth-order valence-electron chi connectivity index (χ4n) is 2.46. The maximum Gasteiger partial charge on any atom is 0.417 e. The Kier molecular flexibility index (Phi) is 3.27. The van der Waals surface area contributed by atoms with E-state index in [0.29, 0.717) is 16.8 Å². The predicted molar refractivity (Wildman–Crippen MR) is 74.8 cm³/mol. The van der Waals surface area contributed by atoms with Crippen molar-refractivity contribution < 1.29 is 12.8 Å². The molecule has 0 spiro atoms. The lowest BCUT2D eigenvalue weighted by molar-refractivity contribution is 0.555. The van der Waals surface area contributed by atoms with Gasteiger partial charge < -0.3 is 4.42 Å². The van der Waals surface area contributed by atoms with E-state index in [0.717, 1.165) is 25.7 Å². The summed E-state index contributed by atoms with van der Waals surface area (Å²) >= 11 is 0. The number of nitrogens with one attached hydrogen (secondary N) is 3. The number of H-pyrrole nitrogens is 1. The Morgan fingerprint density at radius 1 is 1.25 bits per heavy atom. The van der Waals surface area contributed by atoms with Crippen LogP contribution in [-0.2, 0) is 10.2 Å². The molecule has 0 amide bonds. The van der Waals surface area contributed by atoms with E-state index in [2.05, 4.69) is 14.4 Å². The Morgan fingerprint density at radius 3 is 2.75 bits per heavy atom. The molecular formula is C12H15N3O4S. The van der Waals surface area contributed by atoms with E-state index in [4.69, 9.17) is 4.42 Å². The molecule has 1 aromatic carbocycles. The van der Waals surface area contributed by atoms with E-state index in [9.17, 15) is 13.2 Å². The number of aromatic amines is 1. The van der Waals surface area contributed by atoms with E-state index >= 15 is 0 Å². The average Bonchev–Trinajstić information content (AvgIpc) is 2.95. The lowest BCUT2D eigenvalue weighted by Gasteiger charge is -2.13. The Balaban J connectivity index is 1.78. The van der Waals surface area contributed by atoms with Crippen LogP contribution in [0.15, 0.2) is 27.4 Å². The second kappa shape index (κ2) is 4.95. The average molecular weight is 297 g/mol. The van der Waals surface area contributed by atoms with E-state index in [-0.39, 0.29) is 6.04 Å². The molecule has 0 unspecified atom stereocenters. The minimum absolute atomic E-state index is 0.00132. The van der Waals surface area contributed by atoms with Gasteiger partial charge in [0.1, 0.15) is 0 Å². The highest BCUT2D eigenvalue weighted by atomic mass is 32.2. The van der Waals surface area contributed by atoms with Gasteiger partial charge in [-0.25, -0.2) is 4.79 Å². The van der Waals surface area contributed by atoms with Crippen molar-refractivity contribution in [1.82, 2.24) is 9.71 Å². The van der Waals surface area contributed by atoms with Crippen LogP contribution in [0.2, 0.25) is 0 Å². The molecule has 3 rings (SSSR count). The zero-order chi connectivity index (χ0) is 14.2. The summed E-state index contributed by atoms with van der Waals surface area (Å²) in [4.78, 5) is 13.5. The van der Waals surface area contributed by atoms with E-state index in [1.165, 1.54) is 6.07 Å². The van der Waals surface area contributed by atoms with Crippen molar-refractivity contribution >= 4 is 27.0 Å². The number of anilines is 1. The second-order valence-corrected chi connectivity index (χ2v) is 6.38. The first kappa shape index (κ1) is 13.2. The van der Waals surface area contributed by atoms with Gasteiger partial charge in [-0.3, -0.25) is 9.71 Å². The van der Waals surface area contributed by atoms with Gasteiger partial charge in [0.15, 0.2) is 5.58 Å². The molecule has 1 aromatic heterocycles. The van der Waals surface area contributed by atoms with Crippen LogP contribution < -0.4 is 15.2 Å². The summed E-state index contributed by atoms with van der Waals surface area (Å²) in [6.45, 7) is 0. The number of hydrogen-bond donors (Lipinski definition) is 3. The predicted octanol–water partition coefficient (Wildman–Crippen LogP) is 1.31. The monoisotopic (exact) mass is 297 g/mol. The van der Waals surface area contributed by atoms with E-state index < -0.39 is 16.0 Å². The van der Waals surface area contributed by atoms with Crippen molar-refractivity contribution in [3.05, 3.63) is 28.7 Å². The van der Waals surface area contributed by atoms with Crippen LogP contribution in [0.5, 0.6) is 0 Å². The van der Waals surface area contributed by atoms with Gasteiger partial charge in [-0.1, -0.05) is 12.8 Å². The number of oxazole rings is 1. The molecule has 8 heteroatoms. The molecular weight excluding hydrogens is 282 g/mol. The fourth-order valence-corrected chi connectivity index (χ4v) is 3.63. The van der Waals surface area contributed by atoms with Crippen molar-refractivity contribution in [1.29, 1.82) is 0 Å². The van der Waals surface area contributed by atoms with Crippen molar-refractivity contribution in [2.45, 2.75) is 31.7 Å². The quantitative estimate of drug-likeness (QED) is 0.791. The third-order valence-electron chi connectivity index (χ3n) is 3.35. The van der Waals surface area contributed by atoms with Crippen LogP contribution in [0.3, 0.4) is 0 Å². The zero-order valence-corrected chi connectivity index (χ0v) is 11.5. The Labute approximate surface area is 115 Å². The highest BCUT2D eigenvalue weighted by Gasteiger charge is 2.21. The molecule has 1 aliphatic rings. The molecule has 108 valence electrons. The Bertz CT molecular complexity index is 771. The Hall–Kier alpha value is -1.80. The zero-order valence-electron chi connectivity index (χ0n) is 10.7. The standard InChI is InChI=1S/C12H15N3O4S/c16-12-13-10-6-5-9(7-11(10)19-12)15-20(17,18)14-8-3-1-2-4-8/h5-8,14-15H,1-4H2,(H,13,16). The largest absolute Gasteiger partial charge is 0.417 e. The fraction of sp³-hybridized carbons (Fsp3) is 0.417. The number of hydrogen-bond acceptors (Lipinski definition) is 4. The van der Waals surface area contributed by atoms with Gasteiger partial charge in [-0.2, -0.15) is 13.1 Å². The van der Waals surface area contributed by atoms with E-state index in [1.54, 1.807) is 12.1 Å². The van der Waals surface area contributed by atoms with Gasteiger partial charge in [0, 0.05) is 12.1 Å². The highest BCUT2D eigenvalue weighted by molar-refractivity contribution is 7.90. The van der Waals surface area contributed by atoms with Gasteiger partial charge >= 0.3 is 5.76 Å². The molecule has 0 saturated heterocycles. The minimum Gasteiger partial charge on any atom is -0.408 e. The molecule has 1 fully saturated rings. The van der Waals surface area contributed by atoms with Crippen molar-refractivity contribution in [3.8, 4) is 0 Å². The second-order valence-electron chi connectivity index (χ2n) is 4.93. The smallest absolute Gasteiger partial charge is 0.408 e. The third-order valence-corrected chi connectivity index (χ3v) is 4.50. The van der Waals surface area contributed by atoms with Gasteiger partial charge in [0.05, 0.1) is 11.2 Å². The van der Waals surface area contributed by atoms with Gasteiger partial charge in [-0.05, 0) is 25.0 Å². The lowest BCUT2D eigenvalue weighted by atomic mass is 10.3. The van der Waals surface area contributed by atoms with Crippen LogP contribution in [-0.4, -0.2) is 19.4 Å². The van der Waals surface area contributed by atoms with Crippen molar-refractivity contribution in [3.63, 3.8) is 0 Å². The molecule has 7 nitrogen and oxygen atoms in total. The molecule has 3 N–H and O–H groups in total. The first-order chi connectivity index (χ1) is 9.52. The number of aromatic nitrogens is 1. The topological polar surface area (TPSA) is 104 Å². The van der Waals surface area contributed by atoms with Crippen LogP contribution in [0, 0.1) is 0 Å². The molecule has 0 bridgehead atoms. The third kappa shape index (κ3) is 2.86. The first-order valence-electron chi connectivity index (χ1n) is 6.45. The van der Waals surface area contributed by atoms with Gasteiger partial charge in [0.2, 0.25) is 0 Å². The molecule has 1 heterocycles. The molecule has 20 heavy (non-hydrogen) atoms. The molecule has 0 radical (unpaired) electrons. The summed E-state index contributed by atoms with van der Waals surface area (Å²) in [7, 11) is -3.61. The number of fused-ring (bicyclic) bond motifs is 1.